The zero-order valence-corrected chi connectivity index (χ0v) is 22.1. The molecular weight excluding hydrogens is 496 g/mol. The van der Waals surface area contributed by atoms with Crippen LogP contribution in [0.15, 0.2) is 60.7 Å². The van der Waals surface area contributed by atoms with Crippen LogP contribution in [-0.2, 0) is 14.3 Å². The Kier molecular flexibility index (Phi) is 6.76. The summed E-state index contributed by atoms with van der Waals surface area (Å²) < 4.78 is 11.0. The van der Waals surface area contributed by atoms with Crippen molar-refractivity contribution in [2.75, 3.05) is 7.11 Å². The normalized spacial score (nSPS) is 20.4. The van der Waals surface area contributed by atoms with E-state index in [1.54, 1.807) is 25.1 Å². The van der Waals surface area contributed by atoms with Crippen LogP contribution in [0.4, 0.5) is 0 Å². The molecule has 198 valence electrons. The van der Waals surface area contributed by atoms with Crippen LogP contribution in [0.3, 0.4) is 0 Å². The summed E-state index contributed by atoms with van der Waals surface area (Å²) in [6.07, 6.45) is -0.487. The van der Waals surface area contributed by atoms with Gasteiger partial charge in [-0.05, 0) is 24.1 Å². The van der Waals surface area contributed by atoms with E-state index in [4.69, 9.17) is 9.47 Å². The van der Waals surface area contributed by atoms with Crippen LogP contribution in [0.25, 0.3) is 0 Å². The number of hydrogen-bond donors (Lipinski definition) is 0. The lowest BCUT2D eigenvalue weighted by Crippen LogP contribution is -2.43. The summed E-state index contributed by atoms with van der Waals surface area (Å²) in [5.41, 5.74) is 1.33. The largest absolute Gasteiger partial charge is 0.496 e. The summed E-state index contributed by atoms with van der Waals surface area (Å²) in [7, 11) is 1.41. The molecular formula is C32H28O7. The molecule has 0 heterocycles. The van der Waals surface area contributed by atoms with Crippen LogP contribution in [0, 0.1) is 11.8 Å². The van der Waals surface area contributed by atoms with Gasteiger partial charge in [0.2, 0.25) is 0 Å². The van der Waals surface area contributed by atoms with Crippen molar-refractivity contribution in [1.82, 2.24) is 0 Å². The minimum atomic E-state index is -1.17. The first-order chi connectivity index (χ1) is 18.7. The topological polar surface area (TPSA) is 104 Å². The number of carbonyl (C=O) groups excluding carboxylic acids is 5. The molecule has 0 aliphatic heterocycles. The summed E-state index contributed by atoms with van der Waals surface area (Å²) in [6.45, 7) is 4.84. The number of hydrogen-bond acceptors (Lipinski definition) is 7. The van der Waals surface area contributed by atoms with Gasteiger partial charge in [-0.15, -0.1) is 0 Å². The fourth-order valence-electron chi connectivity index (χ4n) is 6.03. The third-order valence-electron chi connectivity index (χ3n) is 7.82. The quantitative estimate of drug-likeness (QED) is 0.249. The van der Waals surface area contributed by atoms with E-state index in [1.165, 1.54) is 26.2 Å². The Balaban J connectivity index is 1.71. The molecule has 0 fully saturated rings. The Morgan fingerprint density at radius 3 is 2.15 bits per heavy atom. The van der Waals surface area contributed by atoms with Gasteiger partial charge in [-0.1, -0.05) is 62.4 Å². The number of rotatable bonds is 6. The zero-order valence-electron chi connectivity index (χ0n) is 22.1. The van der Waals surface area contributed by atoms with E-state index in [-0.39, 0.29) is 39.4 Å². The molecule has 5 rings (SSSR count). The Morgan fingerprint density at radius 2 is 1.51 bits per heavy atom. The smallest absolute Gasteiger partial charge is 0.303 e. The predicted molar refractivity (Wildman–Crippen MR) is 142 cm³/mol. The zero-order chi connectivity index (χ0) is 28.0. The van der Waals surface area contributed by atoms with E-state index >= 15 is 0 Å². The maximum absolute atomic E-state index is 14.3. The van der Waals surface area contributed by atoms with Gasteiger partial charge in [0, 0.05) is 46.6 Å². The highest BCUT2D eigenvalue weighted by Crippen LogP contribution is 2.46. The van der Waals surface area contributed by atoms with Crippen molar-refractivity contribution in [2.24, 2.45) is 11.8 Å². The molecule has 7 heteroatoms. The number of benzene rings is 3. The predicted octanol–water partition coefficient (Wildman–Crippen LogP) is 5.29. The van der Waals surface area contributed by atoms with Crippen LogP contribution >= 0.6 is 0 Å². The molecule has 0 spiro atoms. The van der Waals surface area contributed by atoms with E-state index in [0.29, 0.717) is 12.0 Å². The van der Waals surface area contributed by atoms with E-state index in [2.05, 4.69) is 0 Å². The van der Waals surface area contributed by atoms with Gasteiger partial charge >= 0.3 is 5.97 Å². The Labute approximate surface area is 226 Å². The summed E-state index contributed by atoms with van der Waals surface area (Å²) in [5.74, 6) is -4.55. The molecule has 3 aromatic carbocycles. The SMILES string of the molecule is CC[C@H](C(=O)[C@@H]1C(=O)c2c(ccc3c2C(=O)c2cccc(OC)c2C3=O)[C@H](OC(C)=O)[C@@H]1C)c1ccccc1. The fourth-order valence-corrected chi connectivity index (χ4v) is 6.03. The molecule has 0 saturated heterocycles. The molecule has 3 aromatic rings. The van der Waals surface area contributed by atoms with Crippen molar-refractivity contribution in [3.8, 4) is 5.75 Å². The first kappa shape index (κ1) is 26.2. The van der Waals surface area contributed by atoms with Gasteiger partial charge in [0.25, 0.3) is 0 Å². The number of carbonyl (C=O) groups is 5. The summed E-state index contributed by atoms with van der Waals surface area (Å²) >= 11 is 0. The van der Waals surface area contributed by atoms with Gasteiger partial charge in [-0.3, -0.25) is 24.0 Å². The fraction of sp³-hybridized carbons (Fsp3) is 0.281. The van der Waals surface area contributed by atoms with E-state index in [9.17, 15) is 24.0 Å². The molecule has 7 nitrogen and oxygen atoms in total. The minimum Gasteiger partial charge on any atom is -0.496 e. The van der Waals surface area contributed by atoms with E-state index < -0.39 is 47.2 Å². The molecule has 39 heavy (non-hydrogen) atoms. The van der Waals surface area contributed by atoms with Crippen molar-refractivity contribution in [1.29, 1.82) is 0 Å². The van der Waals surface area contributed by atoms with Crippen LogP contribution in [0.1, 0.15) is 92.5 Å². The molecule has 4 atom stereocenters. The molecule has 0 amide bonds. The lowest BCUT2D eigenvalue weighted by atomic mass is 9.66. The number of Topliss-reactive ketones (excluding diaryl/α,β-unsaturated/α-hetero) is 2. The van der Waals surface area contributed by atoms with Gasteiger partial charge in [0.15, 0.2) is 23.1 Å². The third kappa shape index (κ3) is 4.09. The standard InChI is InChI=1S/C32H28O7/c1-5-19(18-10-7-6-8-11-18)28(34)24-16(2)32(39-17(3)33)22-15-14-21-26(27(22)31(24)37)30(36)20-12-9-13-23(38-4)25(20)29(21)35/h6-16,19,24,32H,5H2,1-4H3/t16-,19+,24-,32-/m1/s1. The van der Waals surface area contributed by atoms with Gasteiger partial charge in [0.1, 0.15) is 11.9 Å². The minimum absolute atomic E-state index is 0.0232. The van der Waals surface area contributed by atoms with Crippen LogP contribution in [-0.4, -0.2) is 36.2 Å². The maximum atomic E-state index is 14.3. The second kappa shape index (κ2) is 10.1. The van der Waals surface area contributed by atoms with Gasteiger partial charge < -0.3 is 9.47 Å². The Hall–Kier alpha value is -4.39. The van der Waals surface area contributed by atoms with Crippen molar-refractivity contribution in [3.63, 3.8) is 0 Å². The first-order valence-electron chi connectivity index (χ1n) is 12.9. The highest BCUT2D eigenvalue weighted by molar-refractivity contribution is 6.33. The van der Waals surface area contributed by atoms with Crippen LogP contribution in [0.2, 0.25) is 0 Å². The maximum Gasteiger partial charge on any atom is 0.303 e. The second-order valence-corrected chi connectivity index (χ2v) is 10.00. The number of methoxy groups -OCH3 is 1. The lowest BCUT2D eigenvalue weighted by molar-refractivity contribution is -0.152. The number of ether oxygens (including phenoxy) is 2. The molecule has 0 radical (unpaired) electrons. The molecule has 0 unspecified atom stereocenters. The number of fused-ring (bicyclic) bond motifs is 4. The molecule has 0 aromatic heterocycles. The number of ketones is 4. The van der Waals surface area contributed by atoms with Crippen molar-refractivity contribution >= 4 is 29.1 Å². The van der Waals surface area contributed by atoms with Crippen LogP contribution < -0.4 is 4.74 Å². The summed E-state index contributed by atoms with van der Waals surface area (Å²) in [5, 5.41) is 0. The third-order valence-corrected chi connectivity index (χ3v) is 7.82. The monoisotopic (exact) mass is 524 g/mol. The molecule has 2 aliphatic carbocycles. The lowest BCUT2D eigenvalue weighted by Gasteiger charge is -2.38. The van der Waals surface area contributed by atoms with Gasteiger partial charge in [-0.25, -0.2) is 0 Å². The van der Waals surface area contributed by atoms with E-state index in [0.717, 1.165) is 5.56 Å². The van der Waals surface area contributed by atoms with Crippen LogP contribution in [0.5, 0.6) is 5.75 Å². The number of esters is 1. The highest BCUT2D eigenvalue weighted by atomic mass is 16.5. The second-order valence-electron chi connectivity index (χ2n) is 10.00. The van der Waals surface area contributed by atoms with E-state index in [1.807, 2.05) is 37.3 Å². The Morgan fingerprint density at radius 1 is 0.846 bits per heavy atom. The van der Waals surface area contributed by atoms with Crippen molar-refractivity contribution < 1.29 is 33.4 Å². The van der Waals surface area contributed by atoms with Gasteiger partial charge in [0.05, 0.1) is 18.6 Å². The first-order valence-corrected chi connectivity index (χ1v) is 12.9. The average molecular weight is 525 g/mol. The molecule has 0 N–H and O–H groups in total. The average Bonchev–Trinajstić information content (AvgIpc) is 2.93. The summed E-state index contributed by atoms with van der Waals surface area (Å²) in [6, 6.07) is 17.0. The highest BCUT2D eigenvalue weighted by Gasteiger charge is 2.49. The van der Waals surface area contributed by atoms with Crippen molar-refractivity contribution in [3.05, 3.63) is 99.6 Å². The van der Waals surface area contributed by atoms with Gasteiger partial charge in [-0.2, -0.15) is 0 Å². The molecule has 0 bridgehead atoms. The molecule has 0 saturated carbocycles. The molecule has 2 aliphatic rings. The van der Waals surface area contributed by atoms with Crippen molar-refractivity contribution in [2.45, 2.75) is 39.2 Å². The Bertz CT molecular complexity index is 1540. The summed E-state index contributed by atoms with van der Waals surface area (Å²) in [4.78, 5) is 68.0.